The molecule has 1 aromatic carbocycles. The van der Waals surface area contributed by atoms with Gasteiger partial charge in [-0.2, -0.15) is 0 Å². The van der Waals surface area contributed by atoms with E-state index in [1.807, 2.05) is 33.2 Å². The quantitative estimate of drug-likeness (QED) is 0.432. The number of thiophene rings is 1. The number of piperidine rings is 1. The molecule has 9 nitrogen and oxygen atoms in total. The number of likely N-dealkylation sites (tertiary alicyclic amines) is 1. The lowest BCUT2D eigenvalue weighted by atomic mass is 10.0. The Kier molecular flexibility index (Phi) is 7.65. The van der Waals surface area contributed by atoms with Gasteiger partial charge in [-0.05, 0) is 51.3 Å². The van der Waals surface area contributed by atoms with Gasteiger partial charge in [0.15, 0.2) is 0 Å². The molecule has 0 N–H and O–H groups in total. The molecule has 3 heterocycles. The molecule has 3 aromatic rings. The van der Waals surface area contributed by atoms with Crippen LogP contribution in [0.25, 0.3) is 21.3 Å². The van der Waals surface area contributed by atoms with E-state index in [1.54, 1.807) is 11.0 Å². The van der Waals surface area contributed by atoms with Gasteiger partial charge in [0.05, 0.1) is 22.9 Å². The fourth-order valence-electron chi connectivity index (χ4n) is 4.34. The summed E-state index contributed by atoms with van der Waals surface area (Å²) < 4.78 is 21.2. The van der Waals surface area contributed by atoms with E-state index in [-0.39, 0.29) is 17.7 Å². The van der Waals surface area contributed by atoms with Gasteiger partial charge < -0.3 is 14.5 Å². The molecule has 0 aliphatic carbocycles. The van der Waals surface area contributed by atoms with Crippen LogP contribution in [-0.4, -0.2) is 77.9 Å². The van der Waals surface area contributed by atoms with Crippen molar-refractivity contribution in [2.24, 2.45) is 0 Å². The number of ether oxygens (including phenoxy) is 1. The summed E-state index contributed by atoms with van der Waals surface area (Å²) in [7, 11) is 4.78. The van der Waals surface area contributed by atoms with E-state index >= 15 is 0 Å². The number of anilines is 1. The van der Waals surface area contributed by atoms with Crippen molar-refractivity contribution in [3.63, 3.8) is 0 Å². The SMILES string of the molecule is CON(C)C(=O)c1ccc(-c2csc3c(N(C)C4CCN(C(=O)OC(C)(C)C)CC4)ncnc23)cc1F. The summed E-state index contributed by atoms with van der Waals surface area (Å²) in [6, 6.07) is 4.71. The number of amides is 2. The van der Waals surface area contributed by atoms with Crippen molar-refractivity contribution in [3.05, 3.63) is 41.3 Å². The zero-order chi connectivity index (χ0) is 26.9. The second kappa shape index (κ2) is 10.6. The number of halogens is 1. The van der Waals surface area contributed by atoms with E-state index in [9.17, 15) is 14.0 Å². The lowest BCUT2D eigenvalue weighted by Gasteiger charge is -2.37. The average molecular weight is 530 g/mol. The van der Waals surface area contributed by atoms with E-state index in [0.717, 1.165) is 39.5 Å². The first-order chi connectivity index (χ1) is 17.5. The number of benzene rings is 1. The highest BCUT2D eigenvalue weighted by Gasteiger charge is 2.30. The fraction of sp³-hybridized carbons (Fsp3) is 0.462. The Morgan fingerprint density at radius 3 is 2.49 bits per heavy atom. The molecule has 1 aliphatic rings. The molecule has 0 saturated carbocycles. The minimum atomic E-state index is -0.631. The zero-order valence-corrected chi connectivity index (χ0v) is 22.8. The smallest absolute Gasteiger partial charge is 0.410 e. The molecule has 1 aliphatic heterocycles. The fourth-order valence-corrected chi connectivity index (χ4v) is 5.40. The number of hydroxylamine groups is 2. The third kappa shape index (κ3) is 5.67. The standard InChI is InChI=1S/C26H32FN5O4S/c1-26(2,3)36-25(34)32-11-9-17(10-12-32)30(4)23-22-21(28-15-29-23)19(14-37-22)16-7-8-18(20(27)13-16)24(33)31(5)35-6/h7-8,13-15,17H,9-12H2,1-6H3. The first-order valence-corrected chi connectivity index (χ1v) is 12.9. The Morgan fingerprint density at radius 2 is 1.86 bits per heavy atom. The maximum atomic E-state index is 14.8. The van der Waals surface area contributed by atoms with Gasteiger partial charge in [0.1, 0.15) is 23.6 Å². The van der Waals surface area contributed by atoms with Crippen LogP contribution in [0, 0.1) is 5.82 Å². The van der Waals surface area contributed by atoms with Crippen LogP contribution in [0.15, 0.2) is 29.9 Å². The summed E-state index contributed by atoms with van der Waals surface area (Å²) >= 11 is 1.50. The number of hydrogen-bond acceptors (Lipinski definition) is 8. The second-order valence-electron chi connectivity index (χ2n) is 10.0. The Hall–Kier alpha value is -3.31. The average Bonchev–Trinajstić information content (AvgIpc) is 3.31. The molecule has 198 valence electrons. The molecule has 0 bridgehead atoms. The third-order valence-electron chi connectivity index (χ3n) is 6.40. The number of carbonyl (C=O) groups excluding carboxylic acids is 2. The first-order valence-electron chi connectivity index (χ1n) is 12.0. The number of hydrogen-bond donors (Lipinski definition) is 0. The predicted molar refractivity (Wildman–Crippen MR) is 141 cm³/mol. The minimum absolute atomic E-state index is 0.0691. The molecule has 2 aromatic heterocycles. The normalized spacial score (nSPS) is 14.6. The van der Waals surface area contributed by atoms with Gasteiger partial charge in [0.25, 0.3) is 5.91 Å². The maximum absolute atomic E-state index is 14.8. The van der Waals surface area contributed by atoms with Crippen molar-refractivity contribution in [1.82, 2.24) is 19.9 Å². The highest BCUT2D eigenvalue weighted by molar-refractivity contribution is 7.18. The van der Waals surface area contributed by atoms with Gasteiger partial charge in [-0.15, -0.1) is 11.3 Å². The molecular weight excluding hydrogens is 497 g/mol. The molecular formula is C26H32FN5O4S. The van der Waals surface area contributed by atoms with E-state index in [1.165, 1.54) is 44.0 Å². The highest BCUT2D eigenvalue weighted by atomic mass is 32.1. The highest BCUT2D eigenvalue weighted by Crippen LogP contribution is 2.38. The van der Waals surface area contributed by atoms with Crippen molar-refractivity contribution in [2.75, 3.05) is 39.2 Å². The lowest BCUT2D eigenvalue weighted by Crippen LogP contribution is -2.47. The molecule has 1 fully saturated rings. The Morgan fingerprint density at radius 1 is 1.16 bits per heavy atom. The topological polar surface area (TPSA) is 88.1 Å². The van der Waals surface area contributed by atoms with E-state index in [4.69, 9.17) is 9.57 Å². The van der Waals surface area contributed by atoms with Crippen LogP contribution in [-0.2, 0) is 9.57 Å². The van der Waals surface area contributed by atoms with Crippen LogP contribution in [0.1, 0.15) is 44.0 Å². The van der Waals surface area contributed by atoms with Crippen LogP contribution >= 0.6 is 11.3 Å². The Labute approximate surface area is 219 Å². The molecule has 0 radical (unpaired) electrons. The van der Waals surface area contributed by atoms with E-state index in [0.29, 0.717) is 18.7 Å². The van der Waals surface area contributed by atoms with Crippen LogP contribution in [0.3, 0.4) is 0 Å². The van der Waals surface area contributed by atoms with Gasteiger partial charge in [0.2, 0.25) is 0 Å². The number of fused-ring (bicyclic) bond motifs is 1. The molecule has 2 amide bonds. The summed E-state index contributed by atoms with van der Waals surface area (Å²) in [6.45, 7) is 6.81. The zero-order valence-electron chi connectivity index (χ0n) is 21.9. The molecule has 4 rings (SSSR count). The predicted octanol–water partition coefficient (Wildman–Crippen LogP) is 4.97. The Balaban J connectivity index is 1.53. The van der Waals surface area contributed by atoms with Gasteiger partial charge in [-0.25, -0.2) is 24.2 Å². The van der Waals surface area contributed by atoms with Crippen LogP contribution in [0.5, 0.6) is 0 Å². The van der Waals surface area contributed by atoms with Crippen molar-refractivity contribution in [1.29, 1.82) is 0 Å². The summed E-state index contributed by atoms with van der Waals surface area (Å²) in [5, 5.41) is 2.91. The van der Waals surface area contributed by atoms with Gasteiger partial charge in [-0.1, -0.05) is 6.07 Å². The van der Waals surface area contributed by atoms with Crippen LogP contribution < -0.4 is 4.90 Å². The van der Waals surface area contributed by atoms with E-state index < -0.39 is 17.3 Å². The molecule has 0 spiro atoms. The minimum Gasteiger partial charge on any atom is -0.444 e. The van der Waals surface area contributed by atoms with Crippen molar-refractivity contribution in [2.45, 2.75) is 45.3 Å². The van der Waals surface area contributed by atoms with Crippen molar-refractivity contribution < 1.29 is 23.6 Å². The lowest BCUT2D eigenvalue weighted by molar-refractivity contribution is -0.0759. The number of rotatable bonds is 5. The Bertz CT molecular complexity index is 1300. The summed E-state index contributed by atoms with van der Waals surface area (Å²) in [5.74, 6) is -0.398. The van der Waals surface area contributed by atoms with Gasteiger partial charge in [0, 0.05) is 44.2 Å². The number of nitrogens with zero attached hydrogens (tertiary/aromatic N) is 5. The van der Waals surface area contributed by atoms with E-state index in [2.05, 4.69) is 14.9 Å². The van der Waals surface area contributed by atoms with Crippen LogP contribution in [0.4, 0.5) is 15.0 Å². The second-order valence-corrected chi connectivity index (χ2v) is 10.9. The van der Waals surface area contributed by atoms with Crippen molar-refractivity contribution in [3.8, 4) is 11.1 Å². The van der Waals surface area contributed by atoms with Crippen molar-refractivity contribution >= 4 is 39.4 Å². The molecule has 37 heavy (non-hydrogen) atoms. The van der Waals surface area contributed by atoms with Gasteiger partial charge >= 0.3 is 6.09 Å². The van der Waals surface area contributed by atoms with Crippen LogP contribution in [0.2, 0.25) is 0 Å². The number of carbonyl (C=O) groups is 2. The monoisotopic (exact) mass is 529 g/mol. The maximum Gasteiger partial charge on any atom is 0.410 e. The molecule has 1 saturated heterocycles. The third-order valence-corrected chi connectivity index (χ3v) is 7.37. The number of aromatic nitrogens is 2. The summed E-state index contributed by atoms with van der Waals surface area (Å²) in [4.78, 5) is 42.5. The summed E-state index contributed by atoms with van der Waals surface area (Å²) in [6.07, 6.45) is 2.81. The van der Waals surface area contributed by atoms with Gasteiger partial charge in [-0.3, -0.25) is 9.63 Å². The largest absolute Gasteiger partial charge is 0.444 e. The molecule has 11 heteroatoms. The molecule has 0 unspecified atom stereocenters. The molecule has 0 atom stereocenters. The summed E-state index contributed by atoms with van der Waals surface area (Å²) in [5.41, 5.74) is 1.53. The first kappa shape index (κ1) is 26.7.